The lowest BCUT2D eigenvalue weighted by Crippen LogP contribution is -2.63. The minimum atomic E-state index is -1.96. The number of nitriles is 1. The van der Waals surface area contributed by atoms with Gasteiger partial charge in [0.2, 0.25) is 17.7 Å². The van der Waals surface area contributed by atoms with Gasteiger partial charge in [0.1, 0.15) is 77.8 Å². The van der Waals surface area contributed by atoms with Crippen LogP contribution in [0.1, 0.15) is 148 Å². The van der Waals surface area contributed by atoms with Crippen LogP contribution in [0.25, 0.3) is 0 Å². The molecule has 30 nitrogen and oxygen atoms in total. The van der Waals surface area contributed by atoms with Gasteiger partial charge in [-0.2, -0.15) is 5.26 Å². The molecule has 0 aromatic heterocycles. The summed E-state index contributed by atoms with van der Waals surface area (Å²) in [7, 11) is 4.39. The Bertz CT molecular complexity index is 3930. The smallest absolute Gasteiger partial charge is 0.407 e. The maximum absolute atomic E-state index is 13.5. The van der Waals surface area contributed by atoms with Crippen molar-refractivity contribution in [2.45, 2.75) is 193 Å². The number of alkyl carbamates (subject to hydrolysis) is 1. The van der Waals surface area contributed by atoms with Gasteiger partial charge in [0.25, 0.3) is 8.53 Å². The molecular formula is C90H117N6O24P. The molecule has 2 fully saturated rings. The van der Waals surface area contributed by atoms with E-state index >= 15 is 0 Å². The first-order chi connectivity index (χ1) is 58.2. The zero-order valence-corrected chi connectivity index (χ0v) is 72.4. The number of nitrogens with one attached hydrogen (secondary N) is 4. The SMILES string of the molecule is COc1ccc(C(OC[C@H]2O[C@@H](OCCCCC(=O)CNC(=O)OCC(COC(=O)CCC(=O)NCCCO[C@@H]3O[C@H](COC(c4ccccc4)(c4ccc(OC)cc4)c4ccc(OC)cc4)[C@H](C)[C@H](OC(C)=O)[C@H]3NC(C)=O)OP(OCCC#N)N(C(C)C)C(C)C)[C@H](NC(C)=O)[C@@H](OC(C)=O)[C@H]2C)(c2ccccc2)c2ccc(OC)cc2)cc1. The number of amides is 4. The standard InChI is InChI=1S/C90H117N6O24P/c1-58(2)96(59(3)4)121(115-52-23-48-91)120-77(54-111-81(103)47-46-80(102)92-49-24-51-110-87-83(95-63(8)98)85(117-65(10)100)61(6)79(119-87)57-114-90(67-27-19-16-20-28-67,70-34-42-75(107-13)43-35-70)71-36-44-76(108-14)45-37-71)55-112-88(104)93-53-72(101)29-21-22-50-109-86-82(94-62(7)97)84(116-64(9)99)60(5)78(118-86)56-113-89(66-25-17-15-18-26-66,68-30-38-73(105-11)39-31-68)69-32-40-74(106-12)41-33-69/h15-20,25-28,30-45,58-61,77-79,82-87H,21-24,29,46-47,49-57H2,1-14H3,(H,92,102)(H,93,104)(H,94,97)(H,95,98)/t60-,61-,77?,78+,79+,82+,83+,84-,85-,86+,87+,121?/m0/s1. The molecule has 2 unspecified atom stereocenters. The van der Waals surface area contributed by atoms with E-state index in [0.29, 0.717) is 35.8 Å². The summed E-state index contributed by atoms with van der Waals surface area (Å²) in [5, 5.41) is 20.5. The molecule has 4 amide bonds. The largest absolute Gasteiger partial charge is 0.497 e. The number of hydrogen-bond acceptors (Lipinski definition) is 26. The summed E-state index contributed by atoms with van der Waals surface area (Å²) in [6.07, 6.45) is -7.60. The Morgan fingerprint density at radius 1 is 0.504 bits per heavy atom. The molecule has 0 bridgehead atoms. The number of hydrogen-bond donors (Lipinski definition) is 4. The molecule has 31 heteroatoms. The van der Waals surface area contributed by atoms with Crippen molar-refractivity contribution in [2.75, 3.05) is 87.8 Å². The molecule has 0 radical (unpaired) electrons. The highest BCUT2D eigenvalue weighted by Crippen LogP contribution is 2.49. The molecule has 8 rings (SSSR count). The third-order valence-corrected chi connectivity index (χ3v) is 22.7. The predicted molar refractivity (Wildman–Crippen MR) is 447 cm³/mol. The molecule has 656 valence electrons. The van der Waals surface area contributed by atoms with Crippen molar-refractivity contribution in [3.05, 3.63) is 191 Å². The fourth-order valence-electron chi connectivity index (χ4n) is 14.6. The number of ketones is 1. The number of unbranched alkanes of at least 4 members (excludes halogenated alkanes) is 1. The third kappa shape index (κ3) is 27.7. The average Bonchev–Trinajstić information content (AvgIpc) is 0.753. The van der Waals surface area contributed by atoms with Gasteiger partial charge in [-0.3, -0.25) is 33.6 Å². The number of ether oxygens (including phenoxy) is 14. The Kier molecular flexibility index (Phi) is 38.6. The summed E-state index contributed by atoms with van der Waals surface area (Å²) >= 11 is 0. The van der Waals surface area contributed by atoms with Gasteiger partial charge in [0, 0.05) is 77.6 Å². The maximum Gasteiger partial charge on any atom is 0.407 e. The molecule has 2 aliphatic heterocycles. The molecule has 0 spiro atoms. The molecule has 2 aliphatic rings. The van der Waals surface area contributed by atoms with Gasteiger partial charge >= 0.3 is 24.0 Å². The number of carbonyl (C=O) groups is 8. The highest BCUT2D eigenvalue weighted by atomic mass is 31.2. The lowest BCUT2D eigenvalue weighted by Gasteiger charge is -2.46. The Labute approximate surface area is 710 Å². The molecule has 2 heterocycles. The van der Waals surface area contributed by atoms with Gasteiger partial charge in [0.05, 0.1) is 92.5 Å². The Hall–Kier alpha value is -10.2. The minimum Gasteiger partial charge on any atom is -0.497 e. The van der Waals surface area contributed by atoms with Crippen molar-refractivity contribution in [3.8, 4) is 29.1 Å². The van der Waals surface area contributed by atoms with Crippen molar-refractivity contribution < 1.29 is 114 Å². The van der Waals surface area contributed by atoms with Crippen molar-refractivity contribution in [3.63, 3.8) is 0 Å². The van der Waals surface area contributed by atoms with Crippen LogP contribution in [0.3, 0.4) is 0 Å². The van der Waals surface area contributed by atoms with Gasteiger partial charge < -0.3 is 96.6 Å². The number of esters is 3. The molecule has 6 aromatic rings. The number of Topliss-reactive ketones (excluding diaryl/α,β-unsaturated/α-hetero) is 1. The summed E-state index contributed by atoms with van der Waals surface area (Å²) < 4.78 is 100. The van der Waals surface area contributed by atoms with Crippen molar-refractivity contribution in [2.24, 2.45) is 11.8 Å². The summed E-state index contributed by atoms with van der Waals surface area (Å²) in [5.74, 6) is -2.19. The second kappa shape index (κ2) is 48.5. The van der Waals surface area contributed by atoms with E-state index in [0.717, 1.165) is 33.4 Å². The molecule has 12 atom stereocenters. The summed E-state index contributed by atoms with van der Waals surface area (Å²) in [6.45, 7) is 15.3. The Morgan fingerprint density at radius 3 is 1.30 bits per heavy atom. The van der Waals surface area contributed by atoms with Crippen molar-refractivity contribution in [1.82, 2.24) is 25.9 Å². The van der Waals surface area contributed by atoms with Crippen LogP contribution in [0, 0.1) is 23.2 Å². The summed E-state index contributed by atoms with van der Waals surface area (Å²) in [5.41, 5.74) is 2.21. The second-order valence-corrected chi connectivity index (χ2v) is 31.3. The fourth-order valence-corrected chi connectivity index (χ4v) is 16.3. The Balaban J connectivity index is 0.848. The quantitative estimate of drug-likeness (QED) is 0.00906. The van der Waals surface area contributed by atoms with Gasteiger partial charge in [-0.25, -0.2) is 9.46 Å². The number of nitrogens with zero attached hydrogens (tertiary/aromatic N) is 2. The van der Waals surface area contributed by atoms with Crippen LogP contribution < -0.4 is 40.2 Å². The van der Waals surface area contributed by atoms with E-state index in [1.165, 1.54) is 27.7 Å². The van der Waals surface area contributed by atoms with E-state index in [9.17, 15) is 43.6 Å². The molecule has 2 saturated heterocycles. The molecule has 0 saturated carbocycles. The van der Waals surface area contributed by atoms with E-state index in [4.69, 9.17) is 75.4 Å². The van der Waals surface area contributed by atoms with E-state index in [2.05, 4.69) is 27.3 Å². The predicted octanol–water partition coefficient (Wildman–Crippen LogP) is 11.6. The average molecular weight is 1700 g/mol. The molecule has 6 aromatic carbocycles. The second-order valence-electron chi connectivity index (χ2n) is 29.9. The number of carbonyl (C=O) groups excluding carboxylic acids is 8. The van der Waals surface area contributed by atoms with Gasteiger partial charge in [0.15, 0.2) is 18.4 Å². The van der Waals surface area contributed by atoms with Gasteiger partial charge in [-0.1, -0.05) is 123 Å². The first-order valence-electron chi connectivity index (χ1n) is 40.7. The monoisotopic (exact) mass is 1700 g/mol. The van der Waals surface area contributed by atoms with Crippen LogP contribution in [0.2, 0.25) is 0 Å². The topological polar surface area (TPSA) is 359 Å². The first kappa shape index (κ1) is 96.3. The summed E-state index contributed by atoms with van der Waals surface area (Å²) in [4.78, 5) is 105. The van der Waals surface area contributed by atoms with E-state index in [-0.39, 0.29) is 89.6 Å². The van der Waals surface area contributed by atoms with Crippen molar-refractivity contribution in [1.29, 1.82) is 5.26 Å². The van der Waals surface area contributed by atoms with Crippen LogP contribution in [-0.4, -0.2) is 207 Å². The maximum atomic E-state index is 13.5. The van der Waals surface area contributed by atoms with E-state index in [1.54, 1.807) is 28.4 Å². The normalized spacial score (nSPS) is 19.6. The summed E-state index contributed by atoms with van der Waals surface area (Å²) in [6, 6.07) is 49.5. The van der Waals surface area contributed by atoms with E-state index in [1.807, 2.05) is 204 Å². The molecule has 0 aliphatic carbocycles. The van der Waals surface area contributed by atoms with Crippen molar-refractivity contribution >= 4 is 56.0 Å². The van der Waals surface area contributed by atoms with Crippen LogP contribution in [-0.2, 0) is 101 Å². The lowest BCUT2D eigenvalue weighted by molar-refractivity contribution is -0.264. The number of methoxy groups -OCH3 is 4. The molecule has 121 heavy (non-hydrogen) atoms. The molecular weight excluding hydrogens is 1580 g/mol. The van der Waals surface area contributed by atoms with Crippen LogP contribution in [0.4, 0.5) is 4.79 Å². The zero-order chi connectivity index (χ0) is 87.6. The van der Waals surface area contributed by atoms with Crippen LogP contribution >= 0.6 is 8.53 Å². The lowest BCUT2D eigenvalue weighted by atomic mass is 9.79. The molecule has 4 N–H and O–H groups in total. The fraction of sp³-hybridized carbons (Fsp3) is 0.500. The highest BCUT2D eigenvalue weighted by Gasteiger charge is 2.51. The van der Waals surface area contributed by atoms with Gasteiger partial charge in [-0.15, -0.1) is 0 Å². The van der Waals surface area contributed by atoms with E-state index < -0.39 is 148 Å². The Morgan fingerprint density at radius 2 is 0.909 bits per heavy atom. The first-order valence-corrected chi connectivity index (χ1v) is 41.8. The van der Waals surface area contributed by atoms with Gasteiger partial charge in [-0.05, 0) is 129 Å². The minimum absolute atomic E-state index is 0.00164. The zero-order valence-electron chi connectivity index (χ0n) is 71.5. The van der Waals surface area contributed by atoms with Crippen LogP contribution in [0.15, 0.2) is 158 Å². The highest BCUT2D eigenvalue weighted by molar-refractivity contribution is 7.44. The number of rotatable bonds is 48. The number of benzene rings is 6. The third-order valence-electron chi connectivity index (χ3n) is 20.5. The van der Waals surface area contributed by atoms with Crippen LogP contribution in [0.5, 0.6) is 23.0 Å².